The number of hydrogen-bond acceptors (Lipinski definition) is 3. The van der Waals surface area contributed by atoms with Gasteiger partial charge in [-0.2, -0.15) is 0 Å². The van der Waals surface area contributed by atoms with Gasteiger partial charge in [-0.15, -0.1) is 0 Å². The minimum atomic E-state index is -2.92. The predicted molar refractivity (Wildman–Crippen MR) is 39.1 cm³/mol. The molecule has 0 aliphatic carbocycles. The van der Waals surface area contributed by atoms with Crippen LogP contribution < -0.4 is 4.90 Å². The third kappa shape index (κ3) is 1.40. The van der Waals surface area contributed by atoms with Gasteiger partial charge in [-0.05, 0) is 0 Å². The van der Waals surface area contributed by atoms with Gasteiger partial charge >= 0.3 is 0 Å². The van der Waals surface area contributed by atoms with Crippen molar-refractivity contribution in [3.8, 4) is 0 Å². The number of sulfone groups is 1. The van der Waals surface area contributed by atoms with E-state index in [1.807, 2.05) is 0 Å². The largest absolute Gasteiger partial charge is 0.386 e. The first-order valence-corrected chi connectivity index (χ1v) is 5.64. The molecule has 0 radical (unpaired) electrons. The van der Waals surface area contributed by atoms with Gasteiger partial charge in [0.2, 0.25) is 0 Å². The van der Waals surface area contributed by atoms with Gasteiger partial charge in [-0.25, -0.2) is 8.42 Å². The fourth-order valence-corrected chi connectivity index (χ4v) is 3.56. The Labute approximate surface area is 65.7 Å². The summed E-state index contributed by atoms with van der Waals surface area (Å²) >= 11 is 0. The van der Waals surface area contributed by atoms with E-state index in [9.17, 15) is 13.5 Å². The molecule has 0 aromatic rings. The van der Waals surface area contributed by atoms with Gasteiger partial charge in [0, 0.05) is 0 Å². The highest BCUT2D eigenvalue weighted by Crippen LogP contribution is 2.10. The van der Waals surface area contributed by atoms with Gasteiger partial charge in [0.25, 0.3) is 0 Å². The highest BCUT2D eigenvalue weighted by atomic mass is 32.2. The second-order valence-corrected chi connectivity index (χ2v) is 5.56. The van der Waals surface area contributed by atoms with Gasteiger partial charge < -0.3 is 10.0 Å². The van der Waals surface area contributed by atoms with Crippen LogP contribution >= 0.6 is 0 Å². The van der Waals surface area contributed by atoms with Crippen LogP contribution in [0.1, 0.15) is 0 Å². The number of quaternary nitrogens is 1. The smallest absolute Gasteiger partial charge is 0.159 e. The maximum absolute atomic E-state index is 11.0. The van der Waals surface area contributed by atoms with E-state index in [0.29, 0.717) is 0 Å². The molecule has 2 fully saturated rings. The van der Waals surface area contributed by atoms with Crippen molar-refractivity contribution in [1.29, 1.82) is 0 Å². The number of nitrogens with one attached hydrogen (secondary N) is 1. The Hall–Kier alpha value is -0.130. The van der Waals surface area contributed by atoms with Gasteiger partial charge in [0.1, 0.15) is 31.0 Å². The highest BCUT2D eigenvalue weighted by Gasteiger charge is 2.47. The Morgan fingerprint density at radius 2 is 1.91 bits per heavy atom. The zero-order valence-electron chi connectivity index (χ0n) is 6.16. The zero-order valence-corrected chi connectivity index (χ0v) is 6.97. The quantitative estimate of drug-likeness (QED) is 0.422. The van der Waals surface area contributed by atoms with Gasteiger partial charge in [0.05, 0.1) is 5.75 Å². The molecule has 0 bridgehead atoms. The topological polar surface area (TPSA) is 58.8 Å². The summed E-state index contributed by atoms with van der Waals surface area (Å²) < 4.78 is 22.0. The molecule has 2 atom stereocenters. The fourth-order valence-electron chi connectivity index (χ4n) is 1.66. The second-order valence-electron chi connectivity index (χ2n) is 3.41. The summed E-state index contributed by atoms with van der Waals surface area (Å²) in [5, 5.41) is 9.33. The van der Waals surface area contributed by atoms with E-state index in [1.54, 1.807) is 0 Å². The van der Waals surface area contributed by atoms with Crippen LogP contribution in [0.2, 0.25) is 0 Å². The molecule has 0 amide bonds. The van der Waals surface area contributed by atoms with Crippen molar-refractivity contribution in [2.75, 3.05) is 24.6 Å². The predicted octanol–water partition coefficient (Wildman–Crippen LogP) is -2.96. The van der Waals surface area contributed by atoms with E-state index in [4.69, 9.17) is 0 Å². The van der Waals surface area contributed by atoms with Crippen molar-refractivity contribution < 1.29 is 18.4 Å². The molecule has 2 aliphatic heterocycles. The average molecular weight is 178 g/mol. The Bertz CT molecular complexity index is 257. The number of aliphatic hydroxyl groups is 1. The lowest BCUT2D eigenvalue weighted by Gasteiger charge is -2.08. The summed E-state index contributed by atoms with van der Waals surface area (Å²) in [6, 6.07) is -0.0278. The molecular formula is C6H12NO3S+. The summed E-state index contributed by atoms with van der Waals surface area (Å²) in [4.78, 5) is 1.25. The molecule has 2 aliphatic rings. The molecule has 0 spiro atoms. The van der Waals surface area contributed by atoms with Crippen molar-refractivity contribution in [2.45, 2.75) is 12.1 Å². The number of hydrogen-bond donors (Lipinski definition) is 2. The van der Waals surface area contributed by atoms with Crippen LogP contribution in [-0.2, 0) is 9.84 Å². The van der Waals surface area contributed by atoms with E-state index in [-0.39, 0.29) is 17.5 Å². The highest BCUT2D eigenvalue weighted by molar-refractivity contribution is 7.91. The Kier molecular flexibility index (Phi) is 1.49. The van der Waals surface area contributed by atoms with Crippen LogP contribution in [0.5, 0.6) is 0 Å². The molecule has 2 rings (SSSR count). The van der Waals surface area contributed by atoms with Crippen LogP contribution in [0.25, 0.3) is 0 Å². The van der Waals surface area contributed by atoms with Crippen molar-refractivity contribution in [2.24, 2.45) is 0 Å². The van der Waals surface area contributed by atoms with Gasteiger partial charge in [-0.1, -0.05) is 0 Å². The summed E-state index contributed by atoms with van der Waals surface area (Å²) in [7, 11) is -2.92. The first-order chi connectivity index (χ1) is 5.08. The van der Waals surface area contributed by atoms with Crippen LogP contribution in [-0.4, -0.2) is 50.3 Å². The first-order valence-electron chi connectivity index (χ1n) is 3.81. The van der Waals surface area contributed by atoms with Crippen molar-refractivity contribution >= 4 is 9.84 Å². The third-order valence-electron chi connectivity index (χ3n) is 2.39. The number of aliphatic hydroxyl groups excluding tert-OH is 1. The minimum absolute atomic E-state index is 0.0266. The van der Waals surface area contributed by atoms with Gasteiger partial charge in [0.15, 0.2) is 9.84 Å². The molecule has 4 nitrogen and oxygen atoms in total. The number of rotatable bonds is 1. The van der Waals surface area contributed by atoms with E-state index in [2.05, 4.69) is 0 Å². The molecule has 0 saturated carbocycles. The lowest BCUT2D eigenvalue weighted by atomic mass is 10.2. The Morgan fingerprint density at radius 1 is 1.27 bits per heavy atom. The fraction of sp³-hybridized carbons (Fsp3) is 1.00. The molecule has 0 aromatic heterocycles. The first kappa shape index (κ1) is 7.52. The molecule has 11 heavy (non-hydrogen) atoms. The minimum Gasteiger partial charge on any atom is -0.386 e. The van der Waals surface area contributed by atoms with Crippen LogP contribution in [0.15, 0.2) is 0 Å². The SMILES string of the molecule is O=S1(=O)C[C@@H]([NH+]2CC2)[C@@H](O)C1. The Balaban J connectivity index is 2.13. The van der Waals surface area contributed by atoms with Crippen LogP contribution in [0.3, 0.4) is 0 Å². The summed E-state index contributed by atoms with van der Waals surface area (Å²) in [5.41, 5.74) is 0. The normalized spacial score (nSPS) is 42.6. The molecule has 5 heteroatoms. The monoisotopic (exact) mass is 178 g/mol. The van der Waals surface area contributed by atoms with Crippen molar-refractivity contribution in [3.05, 3.63) is 0 Å². The second kappa shape index (κ2) is 2.18. The third-order valence-corrected chi connectivity index (χ3v) is 4.10. The summed E-state index contributed by atoms with van der Waals surface area (Å²) in [5.74, 6) is 0.157. The van der Waals surface area contributed by atoms with E-state index >= 15 is 0 Å². The van der Waals surface area contributed by atoms with E-state index < -0.39 is 15.9 Å². The molecule has 2 saturated heterocycles. The molecule has 2 heterocycles. The Morgan fingerprint density at radius 3 is 2.27 bits per heavy atom. The van der Waals surface area contributed by atoms with E-state index in [0.717, 1.165) is 13.1 Å². The lowest BCUT2D eigenvalue weighted by Crippen LogP contribution is -3.00. The van der Waals surface area contributed by atoms with Crippen LogP contribution in [0.4, 0.5) is 0 Å². The maximum atomic E-state index is 11.0. The summed E-state index contributed by atoms with van der Waals surface area (Å²) in [6.45, 7) is 2.05. The van der Waals surface area contributed by atoms with Crippen LogP contribution in [0, 0.1) is 0 Å². The van der Waals surface area contributed by atoms with Crippen molar-refractivity contribution in [3.63, 3.8) is 0 Å². The van der Waals surface area contributed by atoms with Crippen molar-refractivity contribution in [1.82, 2.24) is 0 Å². The van der Waals surface area contributed by atoms with Gasteiger partial charge in [-0.3, -0.25) is 0 Å². The average Bonchev–Trinajstić information content (AvgIpc) is 2.59. The summed E-state index contributed by atoms with van der Waals surface area (Å²) in [6.07, 6.45) is -0.613. The lowest BCUT2D eigenvalue weighted by molar-refractivity contribution is -0.790. The maximum Gasteiger partial charge on any atom is 0.159 e. The van der Waals surface area contributed by atoms with E-state index in [1.165, 1.54) is 4.90 Å². The molecular weight excluding hydrogens is 166 g/mol. The molecule has 2 N–H and O–H groups in total. The molecule has 0 aromatic carbocycles. The standard InChI is InChI=1S/C6H11NO3S/c8-6-4-11(9,10)3-5(6)7-1-2-7/h5-6,8H,1-4H2/p+1/t5-,6+/m1/s1. The molecule has 64 valence electrons. The molecule has 0 unspecified atom stereocenters. The zero-order chi connectivity index (χ0) is 8.06.